The molecule has 150 valence electrons. The second kappa shape index (κ2) is 7.37. The minimum Gasteiger partial charge on any atom is -0.358 e. The van der Waals surface area contributed by atoms with Gasteiger partial charge in [0.2, 0.25) is 0 Å². The first-order chi connectivity index (χ1) is 14.5. The Morgan fingerprint density at radius 3 is 2.63 bits per heavy atom. The molecule has 3 aromatic heterocycles. The normalized spacial score (nSPS) is 15.2. The van der Waals surface area contributed by atoms with Gasteiger partial charge in [-0.15, -0.1) is 0 Å². The third-order valence-electron chi connectivity index (χ3n) is 5.89. The Kier molecular flexibility index (Phi) is 4.67. The molecule has 1 N–H and O–H groups in total. The number of ketones is 1. The predicted octanol–water partition coefficient (Wildman–Crippen LogP) is 6.55. The SMILES string of the molecule is CC1(C)CC(=O)c2c([nH]c(-c3ccncc3)c2Cc2cccc(-c3ccsc3)c2)C1. The smallest absolute Gasteiger partial charge is 0.165 e. The Bertz CT molecular complexity index is 1200. The molecule has 3 nitrogen and oxygen atoms in total. The van der Waals surface area contributed by atoms with E-state index in [0.717, 1.165) is 40.9 Å². The average molecular weight is 413 g/mol. The Morgan fingerprint density at radius 1 is 1.03 bits per heavy atom. The van der Waals surface area contributed by atoms with E-state index in [9.17, 15) is 4.79 Å². The summed E-state index contributed by atoms with van der Waals surface area (Å²) in [5, 5.41) is 4.28. The van der Waals surface area contributed by atoms with Gasteiger partial charge in [-0.2, -0.15) is 11.3 Å². The van der Waals surface area contributed by atoms with E-state index < -0.39 is 0 Å². The van der Waals surface area contributed by atoms with E-state index in [2.05, 4.69) is 64.9 Å². The van der Waals surface area contributed by atoms with Crippen molar-refractivity contribution in [1.29, 1.82) is 0 Å². The van der Waals surface area contributed by atoms with Gasteiger partial charge >= 0.3 is 0 Å². The van der Waals surface area contributed by atoms with Gasteiger partial charge in [-0.1, -0.05) is 38.1 Å². The van der Waals surface area contributed by atoms with Crippen molar-refractivity contribution in [2.24, 2.45) is 5.41 Å². The molecule has 0 saturated heterocycles. The van der Waals surface area contributed by atoms with Crippen LogP contribution in [0.15, 0.2) is 65.6 Å². The van der Waals surface area contributed by atoms with Crippen LogP contribution in [0.1, 0.15) is 47.4 Å². The van der Waals surface area contributed by atoms with E-state index in [1.54, 1.807) is 11.3 Å². The van der Waals surface area contributed by atoms with Gasteiger partial charge in [-0.25, -0.2) is 0 Å². The van der Waals surface area contributed by atoms with Crippen molar-refractivity contribution in [3.05, 3.63) is 88.0 Å². The number of nitrogens with one attached hydrogen (secondary N) is 1. The first-order valence-corrected chi connectivity index (χ1v) is 11.2. The van der Waals surface area contributed by atoms with Crippen molar-refractivity contribution >= 4 is 17.1 Å². The first kappa shape index (κ1) is 19.0. The van der Waals surface area contributed by atoms with E-state index in [4.69, 9.17) is 0 Å². The maximum atomic E-state index is 13.2. The van der Waals surface area contributed by atoms with Crippen molar-refractivity contribution in [3.63, 3.8) is 0 Å². The van der Waals surface area contributed by atoms with E-state index in [1.807, 2.05) is 24.5 Å². The number of thiophene rings is 1. The number of rotatable bonds is 4. The van der Waals surface area contributed by atoms with Crippen LogP contribution in [-0.4, -0.2) is 15.8 Å². The van der Waals surface area contributed by atoms with Crippen molar-refractivity contribution in [3.8, 4) is 22.4 Å². The summed E-state index contributed by atoms with van der Waals surface area (Å²) in [7, 11) is 0. The standard InChI is InChI=1S/C26H24N2OS/c1-26(2)14-22-24(23(29)15-26)21(25(28-22)18-6-9-27-10-7-18)13-17-4-3-5-19(12-17)20-8-11-30-16-20/h3-12,16,28H,13-15H2,1-2H3. The molecule has 1 aliphatic carbocycles. The fourth-order valence-electron chi connectivity index (χ4n) is 4.56. The highest BCUT2D eigenvalue weighted by atomic mass is 32.1. The minimum absolute atomic E-state index is 0.0133. The number of carbonyl (C=O) groups excluding carboxylic acids is 1. The number of pyridine rings is 1. The Balaban J connectivity index is 1.62. The number of carbonyl (C=O) groups is 1. The van der Waals surface area contributed by atoms with Crippen LogP contribution >= 0.6 is 11.3 Å². The fraction of sp³-hybridized carbons (Fsp3) is 0.231. The summed E-state index contributed by atoms with van der Waals surface area (Å²) in [6, 6.07) is 14.8. The van der Waals surface area contributed by atoms with E-state index >= 15 is 0 Å². The van der Waals surface area contributed by atoms with Gasteiger partial charge in [0, 0.05) is 42.1 Å². The Morgan fingerprint density at radius 2 is 1.87 bits per heavy atom. The lowest BCUT2D eigenvalue weighted by molar-refractivity contribution is 0.0911. The molecule has 4 aromatic rings. The lowest BCUT2D eigenvalue weighted by Gasteiger charge is -2.28. The predicted molar refractivity (Wildman–Crippen MR) is 123 cm³/mol. The summed E-state index contributed by atoms with van der Waals surface area (Å²) in [4.78, 5) is 21.0. The number of hydrogen-bond acceptors (Lipinski definition) is 3. The molecule has 0 spiro atoms. The molecule has 30 heavy (non-hydrogen) atoms. The Hall–Kier alpha value is -2.98. The van der Waals surface area contributed by atoms with E-state index in [0.29, 0.717) is 6.42 Å². The van der Waals surface area contributed by atoms with Crippen LogP contribution in [0.5, 0.6) is 0 Å². The van der Waals surface area contributed by atoms with Crippen LogP contribution in [0.3, 0.4) is 0 Å². The summed E-state index contributed by atoms with van der Waals surface area (Å²) in [5.41, 5.74) is 8.88. The molecule has 4 heteroatoms. The molecule has 3 heterocycles. The summed E-state index contributed by atoms with van der Waals surface area (Å²) in [5.74, 6) is 0.252. The summed E-state index contributed by atoms with van der Waals surface area (Å²) >= 11 is 1.71. The number of aromatic amines is 1. The molecule has 0 unspecified atom stereocenters. The topological polar surface area (TPSA) is 45.8 Å². The van der Waals surface area contributed by atoms with Crippen molar-refractivity contribution in [1.82, 2.24) is 9.97 Å². The molecule has 0 radical (unpaired) electrons. The number of Topliss-reactive ketones (excluding diaryl/α,β-unsaturated/α-hetero) is 1. The molecule has 0 aliphatic heterocycles. The van der Waals surface area contributed by atoms with Crippen LogP contribution < -0.4 is 0 Å². The molecular weight excluding hydrogens is 388 g/mol. The van der Waals surface area contributed by atoms with E-state index in [1.165, 1.54) is 16.7 Å². The van der Waals surface area contributed by atoms with Gasteiger partial charge in [-0.3, -0.25) is 9.78 Å². The zero-order chi connectivity index (χ0) is 20.7. The monoisotopic (exact) mass is 412 g/mol. The fourth-order valence-corrected chi connectivity index (χ4v) is 5.23. The van der Waals surface area contributed by atoms with E-state index in [-0.39, 0.29) is 11.2 Å². The number of H-pyrrole nitrogens is 1. The van der Waals surface area contributed by atoms with Crippen LogP contribution in [-0.2, 0) is 12.8 Å². The molecular formula is C26H24N2OS. The number of hydrogen-bond donors (Lipinski definition) is 1. The summed E-state index contributed by atoms with van der Waals surface area (Å²) < 4.78 is 0. The highest BCUT2D eigenvalue weighted by molar-refractivity contribution is 7.08. The second-order valence-electron chi connectivity index (χ2n) is 8.90. The maximum absolute atomic E-state index is 13.2. The third kappa shape index (κ3) is 3.52. The highest BCUT2D eigenvalue weighted by Gasteiger charge is 2.35. The van der Waals surface area contributed by atoms with Gasteiger partial charge in [0.25, 0.3) is 0 Å². The van der Waals surface area contributed by atoms with Gasteiger partial charge in [0.05, 0.1) is 5.69 Å². The third-order valence-corrected chi connectivity index (χ3v) is 6.57. The zero-order valence-electron chi connectivity index (χ0n) is 17.2. The molecule has 0 bridgehead atoms. The zero-order valence-corrected chi connectivity index (χ0v) is 18.1. The second-order valence-corrected chi connectivity index (χ2v) is 9.68. The molecule has 1 aliphatic rings. The molecule has 0 saturated carbocycles. The Labute approximate surface area is 180 Å². The molecule has 0 atom stereocenters. The number of aromatic nitrogens is 2. The number of fused-ring (bicyclic) bond motifs is 1. The van der Waals surface area contributed by atoms with Crippen LogP contribution in [0, 0.1) is 5.41 Å². The van der Waals surface area contributed by atoms with Crippen LogP contribution in [0.4, 0.5) is 0 Å². The number of benzene rings is 1. The van der Waals surface area contributed by atoms with Gasteiger partial charge in [0.15, 0.2) is 5.78 Å². The van der Waals surface area contributed by atoms with Crippen LogP contribution in [0.2, 0.25) is 0 Å². The highest BCUT2D eigenvalue weighted by Crippen LogP contribution is 2.40. The largest absolute Gasteiger partial charge is 0.358 e. The lowest BCUT2D eigenvalue weighted by atomic mass is 9.75. The van der Waals surface area contributed by atoms with Gasteiger partial charge < -0.3 is 4.98 Å². The summed E-state index contributed by atoms with van der Waals surface area (Å²) in [6.45, 7) is 4.34. The van der Waals surface area contributed by atoms with Gasteiger partial charge in [-0.05, 0) is 63.0 Å². The molecule has 5 rings (SSSR count). The first-order valence-electron chi connectivity index (χ1n) is 10.3. The van der Waals surface area contributed by atoms with Crippen molar-refractivity contribution in [2.75, 3.05) is 0 Å². The number of nitrogens with zero attached hydrogens (tertiary/aromatic N) is 1. The summed E-state index contributed by atoms with van der Waals surface area (Å²) in [6.07, 6.45) is 5.83. The molecule has 0 fully saturated rings. The van der Waals surface area contributed by atoms with Crippen molar-refractivity contribution in [2.45, 2.75) is 33.1 Å². The quantitative estimate of drug-likeness (QED) is 0.413. The van der Waals surface area contributed by atoms with Gasteiger partial charge in [0.1, 0.15) is 0 Å². The molecule has 1 aromatic carbocycles. The van der Waals surface area contributed by atoms with Crippen molar-refractivity contribution < 1.29 is 4.79 Å². The maximum Gasteiger partial charge on any atom is 0.165 e. The lowest BCUT2D eigenvalue weighted by Crippen LogP contribution is -2.27. The van der Waals surface area contributed by atoms with Crippen LogP contribution in [0.25, 0.3) is 22.4 Å². The molecule has 0 amide bonds. The average Bonchev–Trinajstić information content (AvgIpc) is 3.37. The minimum atomic E-state index is -0.0133.